The van der Waals surface area contributed by atoms with E-state index in [1.54, 1.807) is 0 Å². The van der Waals surface area contributed by atoms with Gasteiger partial charge in [-0.05, 0) is 56.0 Å². The second-order valence-electron chi connectivity index (χ2n) is 4.73. The lowest BCUT2D eigenvalue weighted by Crippen LogP contribution is -2.31. The molecule has 0 heterocycles. The van der Waals surface area contributed by atoms with E-state index < -0.39 is 0 Å². The molecule has 0 aliphatic rings. The number of anilines is 1. The summed E-state index contributed by atoms with van der Waals surface area (Å²) in [6.07, 6.45) is 3.21. The van der Waals surface area contributed by atoms with E-state index in [0.29, 0.717) is 6.04 Å². The van der Waals surface area contributed by atoms with Crippen molar-refractivity contribution in [2.75, 3.05) is 24.0 Å². The zero-order valence-corrected chi connectivity index (χ0v) is 12.4. The van der Waals surface area contributed by atoms with Crippen molar-refractivity contribution in [2.24, 2.45) is 5.73 Å². The highest BCUT2D eigenvalue weighted by Crippen LogP contribution is 2.27. The number of halogens is 1. The van der Waals surface area contributed by atoms with Gasteiger partial charge in [0.1, 0.15) is 5.82 Å². The molecule has 1 aromatic rings. The van der Waals surface area contributed by atoms with Crippen molar-refractivity contribution in [1.82, 2.24) is 0 Å². The summed E-state index contributed by atoms with van der Waals surface area (Å²) >= 11 is 1.84. The Morgan fingerprint density at radius 2 is 2.06 bits per heavy atom. The van der Waals surface area contributed by atoms with Crippen LogP contribution in [-0.2, 0) is 0 Å². The van der Waals surface area contributed by atoms with Crippen molar-refractivity contribution in [3.05, 3.63) is 29.6 Å². The molecule has 2 N–H and O–H groups in total. The Kier molecular flexibility index (Phi) is 5.96. The van der Waals surface area contributed by atoms with Gasteiger partial charge in [0.05, 0.1) is 0 Å². The van der Waals surface area contributed by atoms with Crippen molar-refractivity contribution >= 4 is 17.4 Å². The van der Waals surface area contributed by atoms with Gasteiger partial charge >= 0.3 is 0 Å². The van der Waals surface area contributed by atoms with Crippen LogP contribution in [0, 0.1) is 5.82 Å². The van der Waals surface area contributed by atoms with Gasteiger partial charge in [-0.15, -0.1) is 0 Å². The normalized spacial score (nSPS) is 14.3. The van der Waals surface area contributed by atoms with E-state index in [0.717, 1.165) is 23.4 Å². The lowest BCUT2D eigenvalue weighted by Gasteiger charge is -2.30. The summed E-state index contributed by atoms with van der Waals surface area (Å²) in [7, 11) is 2.05. The molecule has 2 atom stereocenters. The van der Waals surface area contributed by atoms with E-state index in [2.05, 4.69) is 18.1 Å². The van der Waals surface area contributed by atoms with E-state index in [1.165, 1.54) is 12.1 Å². The molecule has 0 amide bonds. The highest BCUT2D eigenvalue weighted by molar-refractivity contribution is 7.98. The molecule has 0 saturated heterocycles. The third kappa shape index (κ3) is 3.89. The van der Waals surface area contributed by atoms with Crippen LogP contribution >= 0.6 is 11.8 Å². The maximum Gasteiger partial charge on any atom is 0.123 e. The first-order valence-electron chi connectivity index (χ1n) is 6.24. The van der Waals surface area contributed by atoms with Crippen molar-refractivity contribution in [1.29, 1.82) is 0 Å². The van der Waals surface area contributed by atoms with Crippen LogP contribution in [0.25, 0.3) is 0 Å². The van der Waals surface area contributed by atoms with Crippen LogP contribution < -0.4 is 10.6 Å². The zero-order valence-electron chi connectivity index (χ0n) is 11.6. The lowest BCUT2D eigenvalue weighted by atomic mass is 10.0. The number of hydrogen-bond acceptors (Lipinski definition) is 3. The molecule has 1 rings (SSSR count). The van der Waals surface area contributed by atoms with Gasteiger partial charge in [-0.1, -0.05) is 0 Å². The number of benzene rings is 1. The Balaban J connectivity index is 2.93. The molecule has 0 aliphatic heterocycles. The molecular formula is C14H23FN2S. The monoisotopic (exact) mass is 270 g/mol. The van der Waals surface area contributed by atoms with Crippen LogP contribution in [0.4, 0.5) is 10.1 Å². The highest BCUT2D eigenvalue weighted by Gasteiger charge is 2.16. The Morgan fingerprint density at radius 3 is 2.61 bits per heavy atom. The van der Waals surface area contributed by atoms with Crippen LogP contribution in [0.5, 0.6) is 0 Å². The molecule has 102 valence electrons. The van der Waals surface area contributed by atoms with Crippen LogP contribution in [0.15, 0.2) is 18.2 Å². The third-order valence-corrected chi connectivity index (χ3v) is 3.90. The molecule has 0 fully saturated rings. The summed E-state index contributed by atoms with van der Waals surface area (Å²) in [5.74, 6) is 0.899. The molecule has 0 radical (unpaired) electrons. The van der Waals surface area contributed by atoms with Crippen molar-refractivity contribution in [3.8, 4) is 0 Å². The van der Waals surface area contributed by atoms with Gasteiger partial charge in [0.25, 0.3) is 0 Å². The molecule has 2 unspecified atom stereocenters. The summed E-state index contributed by atoms with van der Waals surface area (Å²) in [4.78, 5) is 2.19. The summed E-state index contributed by atoms with van der Waals surface area (Å²) in [6.45, 7) is 4.07. The first-order valence-corrected chi connectivity index (χ1v) is 7.63. The van der Waals surface area contributed by atoms with Crippen LogP contribution in [0.2, 0.25) is 0 Å². The fourth-order valence-corrected chi connectivity index (χ4v) is 2.51. The standard InChI is InChI=1S/C14H23FN2S/c1-10(7-8-18-4)17(3)14-6-5-12(15)9-13(14)11(2)16/h5-6,9-11H,7-8,16H2,1-4H3. The van der Waals surface area contributed by atoms with Gasteiger partial charge < -0.3 is 10.6 Å². The molecule has 4 heteroatoms. The summed E-state index contributed by atoms with van der Waals surface area (Å²) < 4.78 is 13.3. The fraction of sp³-hybridized carbons (Fsp3) is 0.571. The largest absolute Gasteiger partial charge is 0.372 e. The van der Waals surface area contributed by atoms with E-state index in [4.69, 9.17) is 5.73 Å². The quantitative estimate of drug-likeness (QED) is 0.859. The first-order chi connectivity index (χ1) is 8.47. The van der Waals surface area contributed by atoms with Crippen molar-refractivity contribution in [2.45, 2.75) is 32.4 Å². The van der Waals surface area contributed by atoms with Gasteiger partial charge in [-0.25, -0.2) is 4.39 Å². The predicted molar refractivity (Wildman–Crippen MR) is 79.9 cm³/mol. The molecule has 18 heavy (non-hydrogen) atoms. The van der Waals surface area contributed by atoms with Gasteiger partial charge in [0.2, 0.25) is 0 Å². The van der Waals surface area contributed by atoms with Crippen molar-refractivity contribution in [3.63, 3.8) is 0 Å². The van der Waals surface area contributed by atoms with Gasteiger partial charge in [0, 0.05) is 24.8 Å². The van der Waals surface area contributed by atoms with E-state index >= 15 is 0 Å². The average Bonchev–Trinajstić information content (AvgIpc) is 2.34. The number of nitrogens with two attached hydrogens (primary N) is 1. The Labute approximate surface area is 114 Å². The second kappa shape index (κ2) is 7.00. The average molecular weight is 270 g/mol. The maximum atomic E-state index is 13.3. The topological polar surface area (TPSA) is 29.3 Å². The minimum atomic E-state index is -0.226. The lowest BCUT2D eigenvalue weighted by molar-refractivity contribution is 0.618. The number of rotatable bonds is 6. The molecule has 2 nitrogen and oxygen atoms in total. The summed E-state index contributed by atoms with van der Waals surface area (Å²) in [5, 5.41) is 0. The predicted octanol–water partition coefficient (Wildman–Crippen LogP) is 3.42. The first kappa shape index (κ1) is 15.3. The SMILES string of the molecule is CSCCC(C)N(C)c1ccc(F)cc1C(C)N. The Hall–Kier alpha value is -0.740. The zero-order chi connectivity index (χ0) is 13.7. The number of hydrogen-bond donors (Lipinski definition) is 1. The molecular weight excluding hydrogens is 247 g/mol. The smallest absolute Gasteiger partial charge is 0.123 e. The van der Waals surface area contributed by atoms with Gasteiger partial charge in [-0.2, -0.15) is 11.8 Å². The highest BCUT2D eigenvalue weighted by atomic mass is 32.2. The van der Waals surface area contributed by atoms with E-state index in [9.17, 15) is 4.39 Å². The second-order valence-corrected chi connectivity index (χ2v) is 5.72. The van der Waals surface area contributed by atoms with E-state index in [-0.39, 0.29) is 11.9 Å². The molecule has 0 aliphatic carbocycles. The Bertz CT molecular complexity index is 382. The van der Waals surface area contributed by atoms with Crippen molar-refractivity contribution < 1.29 is 4.39 Å². The molecule has 0 saturated carbocycles. The number of nitrogens with zero attached hydrogens (tertiary/aromatic N) is 1. The minimum absolute atomic E-state index is 0.161. The minimum Gasteiger partial charge on any atom is -0.372 e. The third-order valence-electron chi connectivity index (χ3n) is 3.26. The Morgan fingerprint density at radius 1 is 1.39 bits per heavy atom. The van der Waals surface area contributed by atoms with Crippen LogP contribution in [0.3, 0.4) is 0 Å². The molecule has 0 aromatic heterocycles. The van der Waals surface area contributed by atoms with E-state index in [1.807, 2.05) is 31.8 Å². The fourth-order valence-electron chi connectivity index (χ4n) is 1.93. The van der Waals surface area contributed by atoms with Crippen LogP contribution in [0.1, 0.15) is 31.9 Å². The number of thioether (sulfide) groups is 1. The van der Waals surface area contributed by atoms with Crippen LogP contribution in [-0.4, -0.2) is 25.1 Å². The van der Waals surface area contributed by atoms with Gasteiger partial charge in [0.15, 0.2) is 0 Å². The molecule has 1 aromatic carbocycles. The molecule has 0 bridgehead atoms. The summed E-state index contributed by atoms with van der Waals surface area (Å²) in [6, 6.07) is 5.12. The molecule has 0 spiro atoms. The maximum absolute atomic E-state index is 13.3. The summed E-state index contributed by atoms with van der Waals surface area (Å²) in [5.41, 5.74) is 7.82. The van der Waals surface area contributed by atoms with Gasteiger partial charge in [-0.3, -0.25) is 0 Å².